The van der Waals surface area contributed by atoms with Gasteiger partial charge in [0.1, 0.15) is 0 Å². The van der Waals surface area contributed by atoms with Gasteiger partial charge in [-0.15, -0.1) is 0 Å². The fourth-order valence-electron chi connectivity index (χ4n) is 2.92. The summed E-state index contributed by atoms with van der Waals surface area (Å²) in [6.07, 6.45) is 5.59. The van der Waals surface area contributed by atoms with Crippen molar-refractivity contribution in [3.8, 4) is 0 Å². The zero-order valence-electron chi connectivity index (χ0n) is 15.4. The van der Waals surface area contributed by atoms with Gasteiger partial charge in [0, 0.05) is 30.4 Å². The van der Waals surface area contributed by atoms with Crippen LogP contribution in [0.4, 0.5) is 17.1 Å². The van der Waals surface area contributed by atoms with Crippen molar-refractivity contribution in [2.75, 3.05) is 27.7 Å². The number of nitrogens with zero attached hydrogens (tertiary/aromatic N) is 1. The first-order valence-electron chi connectivity index (χ1n) is 8.77. The Labute approximate surface area is 164 Å². The number of sulfonamides is 1. The number of hydrogen-bond donors (Lipinski definition) is 2. The van der Waals surface area contributed by atoms with Crippen LogP contribution in [0.2, 0.25) is 0 Å². The fraction of sp³-hybridized carbons (Fsp3) is 0.200. The summed E-state index contributed by atoms with van der Waals surface area (Å²) in [5.41, 5.74) is 2.54. The van der Waals surface area contributed by atoms with Crippen LogP contribution in [-0.2, 0) is 19.6 Å². The van der Waals surface area contributed by atoms with E-state index in [-0.39, 0.29) is 11.8 Å². The maximum absolute atomic E-state index is 12.1. The Kier molecular flexibility index (Phi) is 5.79. The second-order valence-corrected chi connectivity index (χ2v) is 8.27. The molecular formula is C20H21N3O4S. The molecule has 1 fully saturated rings. The summed E-state index contributed by atoms with van der Waals surface area (Å²) in [5.74, 6) is -0.203. The molecule has 2 N–H and O–H groups in total. The summed E-state index contributed by atoms with van der Waals surface area (Å²) in [4.78, 5) is 25.6. The second kappa shape index (κ2) is 8.26. The van der Waals surface area contributed by atoms with Crippen LogP contribution in [0.25, 0.3) is 6.08 Å². The molecule has 3 rings (SSSR count). The van der Waals surface area contributed by atoms with E-state index in [0.29, 0.717) is 17.8 Å². The van der Waals surface area contributed by atoms with Crippen molar-refractivity contribution >= 4 is 45.0 Å². The maximum Gasteiger partial charge on any atom is 0.248 e. The molecule has 0 aliphatic carbocycles. The molecule has 0 saturated carbocycles. The Balaban J connectivity index is 1.61. The molecule has 146 valence electrons. The van der Waals surface area contributed by atoms with E-state index in [4.69, 9.17) is 0 Å². The van der Waals surface area contributed by atoms with E-state index in [1.54, 1.807) is 29.2 Å². The summed E-state index contributed by atoms with van der Waals surface area (Å²) < 4.78 is 24.9. The lowest BCUT2D eigenvalue weighted by Gasteiger charge is -2.15. The van der Waals surface area contributed by atoms with Crippen molar-refractivity contribution < 1.29 is 18.0 Å². The Hall–Kier alpha value is -3.13. The van der Waals surface area contributed by atoms with Gasteiger partial charge in [0.25, 0.3) is 0 Å². The highest BCUT2D eigenvalue weighted by Gasteiger charge is 2.21. The number of nitrogens with one attached hydrogen (secondary N) is 2. The van der Waals surface area contributed by atoms with Crippen molar-refractivity contribution in [3.63, 3.8) is 0 Å². The Morgan fingerprint density at radius 3 is 2.46 bits per heavy atom. The molecule has 8 heteroatoms. The van der Waals surface area contributed by atoms with Gasteiger partial charge in [-0.25, -0.2) is 8.42 Å². The lowest BCUT2D eigenvalue weighted by Crippen LogP contribution is -2.23. The van der Waals surface area contributed by atoms with Gasteiger partial charge in [0.05, 0.1) is 11.9 Å². The summed E-state index contributed by atoms with van der Waals surface area (Å²) >= 11 is 0. The zero-order chi connectivity index (χ0) is 20.1. The number of carbonyl (C=O) groups is 2. The van der Waals surface area contributed by atoms with Gasteiger partial charge in [-0.1, -0.05) is 18.2 Å². The van der Waals surface area contributed by atoms with Crippen molar-refractivity contribution in [2.45, 2.75) is 12.8 Å². The van der Waals surface area contributed by atoms with Crippen LogP contribution in [0, 0.1) is 0 Å². The molecule has 1 aliphatic rings. The smallest absolute Gasteiger partial charge is 0.248 e. The monoisotopic (exact) mass is 399 g/mol. The minimum absolute atomic E-state index is 0.135. The van der Waals surface area contributed by atoms with Gasteiger partial charge in [0.2, 0.25) is 21.8 Å². The molecule has 0 atom stereocenters. The Bertz CT molecular complexity index is 1010. The van der Waals surface area contributed by atoms with Crippen molar-refractivity contribution in [2.24, 2.45) is 0 Å². The van der Waals surface area contributed by atoms with Gasteiger partial charge in [-0.3, -0.25) is 14.3 Å². The summed E-state index contributed by atoms with van der Waals surface area (Å²) in [6, 6.07) is 13.9. The van der Waals surface area contributed by atoms with E-state index in [2.05, 4.69) is 10.0 Å². The molecule has 0 radical (unpaired) electrons. The Morgan fingerprint density at radius 1 is 1.11 bits per heavy atom. The lowest BCUT2D eigenvalue weighted by atomic mass is 10.2. The van der Waals surface area contributed by atoms with Crippen molar-refractivity contribution in [1.82, 2.24) is 0 Å². The number of carbonyl (C=O) groups excluding carboxylic acids is 2. The van der Waals surface area contributed by atoms with Crippen molar-refractivity contribution in [3.05, 3.63) is 60.2 Å². The molecule has 0 unspecified atom stereocenters. The highest BCUT2D eigenvalue weighted by Crippen LogP contribution is 2.22. The van der Waals surface area contributed by atoms with Gasteiger partial charge < -0.3 is 10.2 Å². The molecule has 28 heavy (non-hydrogen) atoms. The molecule has 7 nitrogen and oxygen atoms in total. The van der Waals surface area contributed by atoms with Gasteiger partial charge in [0.15, 0.2) is 0 Å². The van der Waals surface area contributed by atoms with Crippen LogP contribution in [-0.4, -0.2) is 33.0 Å². The van der Waals surface area contributed by atoms with Crippen LogP contribution in [0.5, 0.6) is 0 Å². The number of anilines is 3. The normalized spacial score (nSPS) is 14.5. The number of amides is 2. The Morgan fingerprint density at radius 2 is 1.82 bits per heavy atom. The average Bonchev–Trinajstić information content (AvgIpc) is 3.05. The molecule has 0 aromatic heterocycles. The lowest BCUT2D eigenvalue weighted by molar-refractivity contribution is -0.117. The minimum atomic E-state index is -3.38. The average molecular weight is 399 g/mol. The second-order valence-electron chi connectivity index (χ2n) is 6.52. The first-order chi connectivity index (χ1) is 13.3. The summed E-state index contributed by atoms with van der Waals surface area (Å²) in [7, 11) is -3.38. The first-order valence-corrected chi connectivity index (χ1v) is 10.7. The van der Waals surface area contributed by atoms with E-state index in [1.165, 1.54) is 12.1 Å². The van der Waals surface area contributed by atoms with Crippen LogP contribution in [0.15, 0.2) is 54.6 Å². The van der Waals surface area contributed by atoms with Gasteiger partial charge in [-0.2, -0.15) is 0 Å². The van der Waals surface area contributed by atoms with E-state index in [0.717, 1.165) is 30.5 Å². The predicted octanol–water partition coefficient (Wildman–Crippen LogP) is 2.84. The van der Waals surface area contributed by atoms with Gasteiger partial charge >= 0.3 is 0 Å². The highest BCUT2D eigenvalue weighted by atomic mass is 32.2. The molecule has 0 spiro atoms. The third-order valence-corrected chi connectivity index (χ3v) is 4.75. The van der Waals surface area contributed by atoms with E-state index in [1.807, 2.05) is 24.3 Å². The largest absolute Gasteiger partial charge is 0.322 e. The third-order valence-electron chi connectivity index (χ3n) is 4.14. The summed E-state index contributed by atoms with van der Waals surface area (Å²) in [5, 5.41) is 2.69. The van der Waals surface area contributed by atoms with E-state index >= 15 is 0 Å². The standard InChI is InChI=1S/C20H21N3O4S/c1-28(26,27)22-17-5-2-4-16(14-17)21-19(24)12-9-15-7-10-18(11-8-15)23-13-3-6-20(23)25/h2,4-5,7-12,14,22H,3,6,13H2,1H3,(H,21,24)/b12-9+. The third kappa shape index (κ3) is 5.43. The van der Waals surface area contributed by atoms with Crippen LogP contribution >= 0.6 is 0 Å². The molecular weight excluding hydrogens is 378 g/mol. The predicted molar refractivity (Wildman–Crippen MR) is 111 cm³/mol. The maximum atomic E-state index is 12.1. The van der Waals surface area contributed by atoms with E-state index in [9.17, 15) is 18.0 Å². The summed E-state index contributed by atoms with van der Waals surface area (Å²) in [6.45, 7) is 0.740. The van der Waals surface area contributed by atoms with Gasteiger partial charge in [-0.05, 0) is 48.4 Å². The number of benzene rings is 2. The minimum Gasteiger partial charge on any atom is -0.322 e. The molecule has 1 aliphatic heterocycles. The SMILES string of the molecule is CS(=O)(=O)Nc1cccc(NC(=O)/C=C/c2ccc(N3CCCC3=O)cc2)c1. The topological polar surface area (TPSA) is 95.6 Å². The molecule has 2 aromatic carbocycles. The molecule has 2 amide bonds. The first kappa shape index (κ1) is 19.6. The van der Waals surface area contributed by atoms with E-state index < -0.39 is 10.0 Å². The quantitative estimate of drug-likeness (QED) is 0.730. The molecule has 1 heterocycles. The molecule has 1 saturated heterocycles. The van der Waals surface area contributed by atoms with Crippen molar-refractivity contribution in [1.29, 1.82) is 0 Å². The number of hydrogen-bond acceptors (Lipinski definition) is 4. The molecule has 2 aromatic rings. The zero-order valence-corrected chi connectivity index (χ0v) is 16.2. The molecule has 0 bridgehead atoms. The number of rotatable bonds is 6. The van der Waals surface area contributed by atoms with Crippen LogP contribution in [0.1, 0.15) is 18.4 Å². The highest BCUT2D eigenvalue weighted by molar-refractivity contribution is 7.92. The van der Waals surface area contributed by atoms with Crippen LogP contribution < -0.4 is 14.9 Å². The fourth-order valence-corrected chi connectivity index (χ4v) is 3.47. The van der Waals surface area contributed by atoms with Crippen LogP contribution in [0.3, 0.4) is 0 Å².